The number of hydrogen-bond acceptors (Lipinski definition) is 7. The van der Waals surface area contributed by atoms with Gasteiger partial charge in [0.05, 0.1) is 18.7 Å². The molecule has 1 aliphatic rings. The summed E-state index contributed by atoms with van der Waals surface area (Å²) in [7, 11) is 1.63. The molecule has 1 aliphatic carbocycles. The average molecular weight is 391 g/mol. The third-order valence-corrected chi connectivity index (χ3v) is 5.29. The Hall–Kier alpha value is -3.42. The molecule has 1 fully saturated rings. The van der Waals surface area contributed by atoms with Crippen LogP contribution in [0, 0.1) is 0 Å². The Labute approximate surface area is 167 Å². The minimum absolute atomic E-state index is 0.194. The second kappa shape index (κ2) is 7.54. The first kappa shape index (κ1) is 17.7. The van der Waals surface area contributed by atoms with Crippen molar-refractivity contribution >= 4 is 11.0 Å². The Morgan fingerprint density at radius 1 is 1.07 bits per heavy atom. The highest BCUT2D eigenvalue weighted by molar-refractivity contribution is 5.79. The molecule has 29 heavy (non-hydrogen) atoms. The number of nitrogens with zero attached hydrogens (tertiary/aromatic N) is 5. The number of aromatic nitrogens is 5. The Kier molecular flexibility index (Phi) is 4.59. The lowest BCUT2D eigenvalue weighted by Crippen LogP contribution is -2.06. The van der Waals surface area contributed by atoms with Crippen LogP contribution in [0.3, 0.4) is 0 Å². The number of hydrogen-bond donors (Lipinski definition) is 0. The normalized spacial score (nSPS) is 14.5. The number of methoxy groups -OCH3 is 1. The van der Waals surface area contributed by atoms with Crippen molar-refractivity contribution in [2.24, 2.45) is 0 Å². The first-order valence-corrected chi connectivity index (χ1v) is 9.75. The molecule has 0 bridgehead atoms. The Balaban J connectivity index is 1.31. The van der Waals surface area contributed by atoms with Crippen LogP contribution in [0.2, 0.25) is 0 Å². The standard InChI is InChI=1S/C21H21N5O3/c1-27-16-7-9-17(10-8-16)28-13-20-22-21(24-29-20)14-6-11-19-18(12-14)23-25-26(19)15-4-2-3-5-15/h6-12,15H,2-5,13H2,1H3. The molecule has 2 aromatic heterocycles. The average Bonchev–Trinajstić information content (AvgIpc) is 3.52. The quantitative estimate of drug-likeness (QED) is 0.487. The molecule has 0 N–H and O–H groups in total. The minimum atomic E-state index is 0.194. The van der Waals surface area contributed by atoms with Crippen LogP contribution in [-0.2, 0) is 6.61 Å². The highest BCUT2D eigenvalue weighted by atomic mass is 16.5. The summed E-state index contributed by atoms with van der Waals surface area (Å²) in [6.07, 6.45) is 4.86. The summed E-state index contributed by atoms with van der Waals surface area (Å²) in [5.74, 6) is 2.40. The van der Waals surface area contributed by atoms with E-state index in [9.17, 15) is 0 Å². The first-order valence-electron chi connectivity index (χ1n) is 9.75. The molecule has 4 aromatic rings. The zero-order chi connectivity index (χ0) is 19.6. The molecule has 0 spiro atoms. The fourth-order valence-electron chi connectivity index (χ4n) is 3.75. The lowest BCUT2D eigenvalue weighted by Gasteiger charge is -2.09. The van der Waals surface area contributed by atoms with E-state index in [1.165, 1.54) is 25.7 Å². The molecule has 1 saturated carbocycles. The third-order valence-electron chi connectivity index (χ3n) is 5.29. The van der Waals surface area contributed by atoms with Crippen molar-refractivity contribution < 1.29 is 14.0 Å². The van der Waals surface area contributed by atoms with Gasteiger partial charge in [-0.05, 0) is 55.3 Å². The van der Waals surface area contributed by atoms with Crippen LogP contribution in [0.15, 0.2) is 47.0 Å². The summed E-state index contributed by atoms with van der Waals surface area (Å²) < 4.78 is 18.2. The Bertz CT molecular complexity index is 1110. The topological polar surface area (TPSA) is 88.1 Å². The second-order valence-electron chi connectivity index (χ2n) is 7.15. The predicted octanol–water partition coefficient (Wildman–Crippen LogP) is 4.18. The number of ether oxygens (including phenoxy) is 2. The third kappa shape index (κ3) is 3.53. The van der Waals surface area contributed by atoms with Crippen LogP contribution < -0.4 is 9.47 Å². The van der Waals surface area contributed by atoms with Crippen molar-refractivity contribution in [2.45, 2.75) is 38.3 Å². The van der Waals surface area contributed by atoms with Crippen molar-refractivity contribution in [3.8, 4) is 22.9 Å². The van der Waals surface area contributed by atoms with Gasteiger partial charge >= 0.3 is 0 Å². The second-order valence-corrected chi connectivity index (χ2v) is 7.15. The number of fused-ring (bicyclic) bond motifs is 1. The molecule has 0 atom stereocenters. The summed E-state index contributed by atoms with van der Waals surface area (Å²) in [4.78, 5) is 4.44. The molecule has 148 valence electrons. The van der Waals surface area contributed by atoms with Crippen LogP contribution in [0.4, 0.5) is 0 Å². The van der Waals surface area contributed by atoms with Gasteiger partial charge in [-0.3, -0.25) is 0 Å². The zero-order valence-electron chi connectivity index (χ0n) is 16.1. The van der Waals surface area contributed by atoms with Crippen molar-refractivity contribution in [3.05, 3.63) is 48.4 Å². The largest absolute Gasteiger partial charge is 0.497 e. The van der Waals surface area contributed by atoms with E-state index in [2.05, 4.69) is 25.1 Å². The Morgan fingerprint density at radius 2 is 1.86 bits per heavy atom. The van der Waals surface area contributed by atoms with Crippen LogP contribution in [-0.4, -0.2) is 32.2 Å². The van der Waals surface area contributed by atoms with Gasteiger partial charge in [-0.2, -0.15) is 4.98 Å². The van der Waals surface area contributed by atoms with Gasteiger partial charge in [-0.15, -0.1) is 5.10 Å². The maximum Gasteiger partial charge on any atom is 0.264 e. The van der Waals surface area contributed by atoms with Crippen LogP contribution in [0.1, 0.15) is 37.6 Å². The fraction of sp³-hybridized carbons (Fsp3) is 0.333. The lowest BCUT2D eigenvalue weighted by atomic mass is 10.1. The summed E-state index contributed by atoms with van der Waals surface area (Å²) in [6, 6.07) is 13.8. The van der Waals surface area contributed by atoms with Gasteiger partial charge < -0.3 is 14.0 Å². The number of rotatable bonds is 6. The smallest absolute Gasteiger partial charge is 0.264 e. The van der Waals surface area contributed by atoms with E-state index in [1.54, 1.807) is 7.11 Å². The molecule has 0 radical (unpaired) electrons. The highest BCUT2D eigenvalue weighted by Gasteiger charge is 2.20. The van der Waals surface area contributed by atoms with Gasteiger partial charge in [0.1, 0.15) is 17.0 Å². The predicted molar refractivity (Wildman–Crippen MR) is 106 cm³/mol. The van der Waals surface area contributed by atoms with Gasteiger partial charge in [-0.1, -0.05) is 23.2 Å². The van der Waals surface area contributed by atoms with E-state index < -0.39 is 0 Å². The van der Waals surface area contributed by atoms with Crippen molar-refractivity contribution in [3.63, 3.8) is 0 Å². The number of benzene rings is 2. The molecule has 2 aromatic carbocycles. The van der Waals surface area contributed by atoms with E-state index in [0.29, 0.717) is 23.5 Å². The van der Waals surface area contributed by atoms with Gasteiger partial charge in [0.2, 0.25) is 5.82 Å². The molecule has 8 nitrogen and oxygen atoms in total. The molecule has 8 heteroatoms. The van der Waals surface area contributed by atoms with E-state index in [-0.39, 0.29) is 6.61 Å². The lowest BCUT2D eigenvalue weighted by molar-refractivity contribution is 0.242. The van der Waals surface area contributed by atoms with Gasteiger partial charge in [0.15, 0.2) is 6.61 Å². The minimum Gasteiger partial charge on any atom is -0.497 e. The Morgan fingerprint density at radius 3 is 2.66 bits per heavy atom. The first-order chi connectivity index (χ1) is 14.3. The molecular weight excluding hydrogens is 370 g/mol. The molecule has 0 unspecified atom stereocenters. The van der Waals surface area contributed by atoms with Crippen molar-refractivity contribution in [2.75, 3.05) is 7.11 Å². The van der Waals surface area contributed by atoms with Crippen molar-refractivity contribution in [1.82, 2.24) is 25.1 Å². The zero-order valence-corrected chi connectivity index (χ0v) is 16.1. The van der Waals surface area contributed by atoms with E-state index in [0.717, 1.165) is 22.3 Å². The van der Waals surface area contributed by atoms with E-state index in [4.69, 9.17) is 14.0 Å². The van der Waals surface area contributed by atoms with Gasteiger partial charge in [0, 0.05) is 5.56 Å². The van der Waals surface area contributed by atoms with Gasteiger partial charge in [0.25, 0.3) is 5.89 Å². The van der Waals surface area contributed by atoms with Crippen molar-refractivity contribution in [1.29, 1.82) is 0 Å². The maximum atomic E-state index is 5.69. The van der Waals surface area contributed by atoms with Crippen LogP contribution in [0.5, 0.6) is 11.5 Å². The summed E-state index contributed by atoms with van der Waals surface area (Å²) >= 11 is 0. The monoisotopic (exact) mass is 391 g/mol. The van der Waals surface area contributed by atoms with Crippen LogP contribution >= 0.6 is 0 Å². The van der Waals surface area contributed by atoms with E-state index >= 15 is 0 Å². The molecule has 0 aliphatic heterocycles. The molecule has 2 heterocycles. The molecule has 5 rings (SSSR count). The maximum absolute atomic E-state index is 5.69. The summed E-state index contributed by atoms with van der Waals surface area (Å²) in [6.45, 7) is 0.194. The highest BCUT2D eigenvalue weighted by Crippen LogP contribution is 2.32. The molecule has 0 saturated heterocycles. The molecule has 0 amide bonds. The molecular formula is C21H21N5O3. The fourth-order valence-corrected chi connectivity index (χ4v) is 3.75. The van der Waals surface area contributed by atoms with E-state index in [1.807, 2.05) is 42.5 Å². The van der Waals surface area contributed by atoms with Gasteiger partial charge in [-0.25, -0.2) is 4.68 Å². The van der Waals surface area contributed by atoms with Crippen LogP contribution in [0.25, 0.3) is 22.4 Å². The SMILES string of the molecule is COc1ccc(OCc2nc(-c3ccc4c(c3)nnn4C3CCCC3)no2)cc1. The summed E-state index contributed by atoms with van der Waals surface area (Å²) in [5.41, 5.74) is 2.73. The summed E-state index contributed by atoms with van der Waals surface area (Å²) in [5, 5.41) is 12.8.